The molecule has 3 aromatic rings. The number of likely N-dealkylation sites (tertiary alicyclic amines) is 1. The van der Waals surface area contributed by atoms with E-state index in [1.165, 1.54) is 31.4 Å². The Kier molecular flexibility index (Phi) is 6.63. The van der Waals surface area contributed by atoms with E-state index in [0.717, 1.165) is 5.69 Å². The summed E-state index contributed by atoms with van der Waals surface area (Å²) in [5.74, 6) is -0.516. The summed E-state index contributed by atoms with van der Waals surface area (Å²) < 4.78 is 63.9. The molecule has 0 aliphatic carbocycles. The Morgan fingerprint density at radius 1 is 1.18 bits per heavy atom. The van der Waals surface area contributed by atoms with Crippen molar-refractivity contribution in [3.63, 3.8) is 0 Å². The molecule has 1 amide bonds. The Bertz CT molecular complexity index is 1200. The third kappa shape index (κ3) is 4.51. The first kappa shape index (κ1) is 23.8. The molecule has 1 unspecified atom stereocenters. The molecule has 182 valence electrons. The second kappa shape index (κ2) is 9.47. The molecular weight excluding hydrogens is 456 g/mol. The monoisotopic (exact) mass is 480 g/mol. The van der Waals surface area contributed by atoms with E-state index in [1.54, 1.807) is 15.5 Å². The van der Waals surface area contributed by atoms with Crippen molar-refractivity contribution in [1.82, 2.24) is 19.3 Å². The van der Waals surface area contributed by atoms with Crippen LogP contribution in [0.4, 0.5) is 17.6 Å². The van der Waals surface area contributed by atoms with E-state index in [0.29, 0.717) is 18.7 Å². The highest BCUT2D eigenvalue weighted by atomic mass is 19.3. The van der Waals surface area contributed by atoms with Crippen LogP contribution in [0.15, 0.2) is 30.5 Å². The predicted octanol–water partition coefficient (Wildman–Crippen LogP) is 4.85. The van der Waals surface area contributed by atoms with Gasteiger partial charge in [-0.25, -0.2) is 18.7 Å². The Hall–Kier alpha value is -3.37. The highest BCUT2D eigenvalue weighted by Gasteiger charge is 2.33. The molecule has 34 heavy (non-hydrogen) atoms. The van der Waals surface area contributed by atoms with Gasteiger partial charge in [0.15, 0.2) is 11.5 Å². The van der Waals surface area contributed by atoms with Crippen molar-refractivity contribution in [2.45, 2.75) is 39.2 Å². The molecule has 1 fully saturated rings. The standard InChI is InChI=1S/C23H24F4N4O3/c1-12-6-7-30(21(32)14-4-5-18(33-3)19(8-14)34-22(26)27)11-15(12)17-9-16(20(24)25)29-23-28-10-13(2)31(17)23/h4-5,8-10,12,15,20,22H,6-7,11H2,1-3H3/t12?,15-/m1/s1. The van der Waals surface area contributed by atoms with Crippen molar-refractivity contribution < 1.29 is 31.8 Å². The number of imidazole rings is 1. The van der Waals surface area contributed by atoms with Gasteiger partial charge >= 0.3 is 6.61 Å². The van der Waals surface area contributed by atoms with Crippen LogP contribution in [0.2, 0.25) is 0 Å². The first-order valence-corrected chi connectivity index (χ1v) is 10.7. The van der Waals surface area contributed by atoms with Crippen molar-refractivity contribution >= 4 is 11.7 Å². The maximum absolute atomic E-state index is 13.5. The number of carbonyl (C=O) groups excluding carboxylic acids is 1. The van der Waals surface area contributed by atoms with Crippen LogP contribution in [0.1, 0.15) is 53.1 Å². The lowest BCUT2D eigenvalue weighted by Crippen LogP contribution is -2.42. The van der Waals surface area contributed by atoms with Gasteiger partial charge in [-0.1, -0.05) is 6.92 Å². The molecule has 4 rings (SSSR count). The largest absolute Gasteiger partial charge is 0.493 e. The number of aromatic nitrogens is 3. The summed E-state index contributed by atoms with van der Waals surface area (Å²) >= 11 is 0. The van der Waals surface area contributed by atoms with E-state index < -0.39 is 13.0 Å². The van der Waals surface area contributed by atoms with Crippen molar-refractivity contribution in [2.24, 2.45) is 5.92 Å². The minimum atomic E-state index is -3.07. The van der Waals surface area contributed by atoms with Crippen LogP contribution in [-0.2, 0) is 0 Å². The molecule has 3 heterocycles. The molecule has 1 saturated heterocycles. The van der Waals surface area contributed by atoms with Crippen LogP contribution in [0, 0.1) is 12.8 Å². The Balaban J connectivity index is 1.67. The van der Waals surface area contributed by atoms with E-state index in [1.807, 2.05) is 13.8 Å². The van der Waals surface area contributed by atoms with Crippen LogP contribution in [0.25, 0.3) is 5.78 Å². The number of hydrogen-bond donors (Lipinski definition) is 0. The summed E-state index contributed by atoms with van der Waals surface area (Å²) in [4.78, 5) is 23.0. The van der Waals surface area contributed by atoms with Crippen molar-refractivity contribution in [3.8, 4) is 11.5 Å². The van der Waals surface area contributed by atoms with Gasteiger partial charge in [-0.15, -0.1) is 0 Å². The first-order valence-electron chi connectivity index (χ1n) is 10.7. The lowest BCUT2D eigenvalue weighted by molar-refractivity contribution is -0.0512. The first-order chi connectivity index (χ1) is 16.2. The molecular formula is C23H24F4N4O3. The van der Waals surface area contributed by atoms with E-state index in [-0.39, 0.29) is 52.8 Å². The summed E-state index contributed by atoms with van der Waals surface area (Å²) in [5.41, 5.74) is 1.15. The SMILES string of the molecule is COc1ccc(C(=O)N2CCC(C)[C@H](c3cc(C(F)F)nc4ncc(C)n34)C2)cc1OC(F)F. The van der Waals surface area contributed by atoms with Crippen molar-refractivity contribution in [3.05, 3.63) is 53.1 Å². The second-order valence-electron chi connectivity index (χ2n) is 8.31. The lowest BCUT2D eigenvalue weighted by Gasteiger charge is -2.37. The van der Waals surface area contributed by atoms with Crippen LogP contribution in [-0.4, -0.2) is 52.0 Å². The Labute approximate surface area is 193 Å². The number of halogens is 4. The van der Waals surface area contributed by atoms with E-state index in [4.69, 9.17) is 4.74 Å². The molecule has 1 aromatic carbocycles. The van der Waals surface area contributed by atoms with Gasteiger partial charge in [-0.05, 0) is 43.5 Å². The number of piperidine rings is 1. The number of hydrogen-bond acceptors (Lipinski definition) is 5. The number of amides is 1. The van der Waals surface area contributed by atoms with Crippen molar-refractivity contribution in [2.75, 3.05) is 20.2 Å². The summed E-state index contributed by atoms with van der Waals surface area (Å²) in [5, 5.41) is 0. The quantitative estimate of drug-likeness (QED) is 0.472. The van der Waals surface area contributed by atoms with E-state index in [2.05, 4.69) is 14.7 Å². The normalized spacial score (nSPS) is 18.7. The average molecular weight is 480 g/mol. The molecule has 0 bridgehead atoms. The number of aryl methyl sites for hydroxylation is 1. The summed E-state index contributed by atoms with van der Waals surface area (Å²) in [7, 11) is 1.31. The predicted molar refractivity (Wildman–Crippen MR) is 115 cm³/mol. The number of carbonyl (C=O) groups is 1. The molecule has 0 radical (unpaired) electrons. The third-order valence-electron chi connectivity index (χ3n) is 6.18. The Morgan fingerprint density at radius 3 is 2.62 bits per heavy atom. The molecule has 1 aliphatic heterocycles. The van der Waals surface area contributed by atoms with Gasteiger partial charge in [0.05, 0.1) is 13.3 Å². The van der Waals surface area contributed by atoms with Crippen LogP contribution >= 0.6 is 0 Å². The molecule has 11 heteroatoms. The van der Waals surface area contributed by atoms with E-state index >= 15 is 0 Å². The highest BCUT2D eigenvalue weighted by molar-refractivity contribution is 5.95. The number of benzene rings is 1. The highest BCUT2D eigenvalue weighted by Crippen LogP contribution is 2.36. The lowest BCUT2D eigenvalue weighted by atomic mass is 9.84. The minimum absolute atomic E-state index is 0.0799. The van der Waals surface area contributed by atoms with Gasteiger partial charge in [0, 0.05) is 36.0 Å². The second-order valence-corrected chi connectivity index (χ2v) is 8.31. The van der Waals surface area contributed by atoms with Gasteiger partial charge in [-0.3, -0.25) is 9.20 Å². The molecule has 2 aromatic heterocycles. The van der Waals surface area contributed by atoms with E-state index in [9.17, 15) is 22.4 Å². The topological polar surface area (TPSA) is 69.0 Å². The van der Waals surface area contributed by atoms with Crippen LogP contribution < -0.4 is 9.47 Å². The molecule has 0 spiro atoms. The molecule has 0 N–H and O–H groups in total. The molecule has 7 nitrogen and oxygen atoms in total. The summed E-state index contributed by atoms with van der Waals surface area (Å²) in [6.07, 6.45) is -0.557. The number of nitrogens with zero attached hydrogens (tertiary/aromatic N) is 4. The zero-order chi connectivity index (χ0) is 24.6. The Morgan fingerprint density at radius 2 is 1.94 bits per heavy atom. The van der Waals surface area contributed by atoms with Gasteiger partial charge in [0.25, 0.3) is 12.3 Å². The van der Waals surface area contributed by atoms with Gasteiger partial charge in [0.1, 0.15) is 5.69 Å². The van der Waals surface area contributed by atoms with Crippen LogP contribution in [0.3, 0.4) is 0 Å². The smallest absolute Gasteiger partial charge is 0.387 e. The zero-order valence-corrected chi connectivity index (χ0v) is 18.8. The molecule has 1 aliphatic rings. The maximum atomic E-state index is 13.5. The fourth-order valence-electron chi connectivity index (χ4n) is 4.39. The average Bonchev–Trinajstić information content (AvgIpc) is 3.18. The van der Waals surface area contributed by atoms with Gasteiger partial charge < -0.3 is 14.4 Å². The van der Waals surface area contributed by atoms with Gasteiger partial charge in [0.2, 0.25) is 5.78 Å². The van der Waals surface area contributed by atoms with Crippen LogP contribution in [0.5, 0.6) is 11.5 Å². The number of alkyl halides is 4. The zero-order valence-electron chi connectivity index (χ0n) is 18.8. The molecule has 2 atom stereocenters. The fraction of sp³-hybridized carbons (Fsp3) is 0.435. The maximum Gasteiger partial charge on any atom is 0.387 e. The van der Waals surface area contributed by atoms with Gasteiger partial charge in [-0.2, -0.15) is 8.78 Å². The minimum Gasteiger partial charge on any atom is -0.493 e. The number of rotatable bonds is 6. The van der Waals surface area contributed by atoms with Crippen molar-refractivity contribution in [1.29, 1.82) is 0 Å². The number of methoxy groups -OCH3 is 1. The summed E-state index contributed by atoms with van der Waals surface area (Å²) in [6.45, 7) is 1.44. The third-order valence-corrected chi connectivity index (χ3v) is 6.18. The number of ether oxygens (including phenoxy) is 2. The number of fused-ring (bicyclic) bond motifs is 1. The fourth-order valence-corrected chi connectivity index (χ4v) is 4.39. The molecule has 0 saturated carbocycles. The summed E-state index contributed by atoms with van der Waals surface area (Å²) in [6, 6.07) is 5.47.